The molecule has 0 radical (unpaired) electrons. The van der Waals surface area contributed by atoms with Crippen molar-refractivity contribution in [2.24, 2.45) is 0 Å². The Morgan fingerprint density at radius 2 is 1.74 bits per heavy atom. The van der Waals surface area contributed by atoms with Gasteiger partial charge in [0.2, 0.25) is 0 Å². The number of aromatic nitrogens is 2. The van der Waals surface area contributed by atoms with E-state index in [4.69, 9.17) is 9.26 Å². The largest absolute Gasteiger partial charge is 0.488 e. The van der Waals surface area contributed by atoms with Crippen LogP contribution in [0.1, 0.15) is 11.4 Å². The molecule has 23 heavy (non-hydrogen) atoms. The highest BCUT2D eigenvalue weighted by Crippen LogP contribution is 2.29. The number of hydrogen-bond donors (Lipinski definition) is 0. The number of benzene rings is 2. The third-order valence-electron chi connectivity index (χ3n) is 3.28. The molecule has 118 valence electrons. The van der Waals surface area contributed by atoms with E-state index in [1.807, 2.05) is 73.6 Å². The average molecular weight is 309 g/mol. The van der Waals surface area contributed by atoms with E-state index < -0.39 is 0 Å². The Labute approximate surface area is 135 Å². The Morgan fingerprint density at radius 3 is 2.52 bits per heavy atom. The van der Waals surface area contributed by atoms with Crippen molar-refractivity contribution in [3.8, 4) is 17.2 Å². The van der Waals surface area contributed by atoms with Gasteiger partial charge in [0, 0.05) is 0 Å². The minimum Gasteiger partial charge on any atom is -0.488 e. The van der Waals surface area contributed by atoms with Gasteiger partial charge in [-0.1, -0.05) is 47.6 Å². The molecule has 0 unspecified atom stereocenters. The lowest BCUT2D eigenvalue weighted by molar-refractivity contribution is 0.305. The smallest absolute Gasteiger partial charge is 0.261 e. The number of hydrogen-bond acceptors (Lipinski definition) is 5. The van der Waals surface area contributed by atoms with Crippen LogP contribution in [0.15, 0.2) is 59.1 Å². The van der Waals surface area contributed by atoms with Gasteiger partial charge >= 0.3 is 0 Å². The third-order valence-corrected chi connectivity index (χ3v) is 3.28. The molecule has 3 rings (SSSR count). The molecule has 1 aromatic heterocycles. The highest BCUT2D eigenvalue weighted by molar-refractivity contribution is 5.62. The van der Waals surface area contributed by atoms with Gasteiger partial charge in [-0.05, 0) is 31.8 Å². The molecule has 0 N–H and O–H groups in total. The van der Waals surface area contributed by atoms with E-state index in [0.29, 0.717) is 24.9 Å². The standard InChI is InChI=1S/C18H19N3O2/c1-21(2)12-17-19-18(23-20-17)15-10-6-7-11-16(15)22-13-14-8-4-3-5-9-14/h3-11H,12-13H2,1-2H3. The van der Waals surface area contributed by atoms with Gasteiger partial charge in [0.05, 0.1) is 12.1 Å². The highest BCUT2D eigenvalue weighted by atomic mass is 16.5. The van der Waals surface area contributed by atoms with E-state index in [1.165, 1.54) is 0 Å². The molecule has 0 spiro atoms. The molecule has 0 aliphatic rings. The summed E-state index contributed by atoms with van der Waals surface area (Å²) >= 11 is 0. The first-order chi connectivity index (χ1) is 11.2. The van der Waals surface area contributed by atoms with E-state index in [9.17, 15) is 0 Å². The molecule has 0 atom stereocenters. The molecule has 3 aromatic rings. The zero-order chi connectivity index (χ0) is 16.1. The van der Waals surface area contributed by atoms with Crippen LogP contribution in [0.5, 0.6) is 5.75 Å². The molecule has 0 aliphatic carbocycles. The van der Waals surface area contributed by atoms with Crippen LogP contribution in [-0.2, 0) is 13.2 Å². The van der Waals surface area contributed by atoms with E-state index in [1.54, 1.807) is 0 Å². The second kappa shape index (κ2) is 7.07. The van der Waals surface area contributed by atoms with Gasteiger partial charge in [0.15, 0.2) is 5.82 Å². The monoisotopic (exact) mass is 309 g/mol. The van der Waals surface area contributed by atoms with Crippen molar-refractivity contribution in [3.05, 3.63) is 66.0 Å². The summed E-state index contributed by atoms with van der Waals surface area (Å²) in [6, 6.07) is 17.7. The molecule has 2 aromatic carbocycles. The first-order valence-corrected chi connectivity index (χ1v) is 7.46. The SMILES string of the molecule is CN(C)Cc1noc(-c2ccccc2OCc2ccccc2)n1. The van der Waals surface area contributed by atoms with Gasteiger partial charge in [0.25, 0.3) is 5.89 Å². The summed E-state index contributed by atoms with van der Waals surface area (Å²) in [6.07, 6.45) is 0. The minimum absolute atomic E-state index is 0.477. The van der Waals surface area contributed by atoms with Gasteiger partial charge in [-0.2, -0.15) is 4.98 Å². The van der Waals surface area contributed by atoms with Crippen LogP contribution in [0.25, 0.3) is 11.5 Å². The summed E-state index contributed by atoms with van der Waals surface area (Å²) < 4.78 is 11.3. The molecule has 0 saturated carbocycles. The first-order valence-electron chi connectivity index (χ1n) is 7.46. The summed E-state index contributed by atoms with van der Waals surface area (Å²) in [5.74, 6) is 1.87. The molecule has 5 heteroatoms. The van der Waals surface area contributed by atoms with Crippen LogP contribution in [-0.4, -0.2) is 29.1 Å². The van der Waals surface area contributed by atoms with E-state index in [0.717, 1.165) is 16.9 Å². The first kappa shape index (κ1) is 15.2. The van der Waals surface area contributed by atoms with Crippen LogP contribution in [0, 0.1) is 0 Å². The Hall–Kier alpha value is -2.66. The van der Waals surface area contributed by atoms with Crippen molar-refractivity contribution in [2.75, 3.05) is 14.1 Å². The predicted octanol–water partition coefficient (Wildman–Crippen LogP) is 3.38. The zero-order valence-corrected chi connectivity index (χ0v) is 13.3. The van der Waals surface area contributed by atoms with Crippen molar-refractivity contribution < 1.29 is 9.26 Å². The Bertz CT molecular complexity index is 754. The van der Waals surface area contributed by atoms with Gasteiger partial charge < -0.3 is 14.2 Å². The number of nitrogens with zero attached hydrogens (tertiary/aromatic N) is 3. The lowest BCUT2D eigenvalue weighted by Gasteiger charge is -2.09. The summed E-state index contributed by atoms with van der Waals surface area (Å²) in [5.41, 5.74) is 1.92. The Morgan fingerprint density at radius 1 is 1.00 bits per heavy atom. The predicted molar refractivity (Wildman–Crippen MR) is 87.9 cm³/mol. The van der Waals surface area contributed by atoms with Crippen molar-refractivity contribution in [1.29, 1.82) is 0 Å². The second-order valence-electron chi connectivity index (χ2n) is 5.52. The lowest BCUT2D eigenvalue weighted by Crippen LogP contribution is -2.11. The van der Waals surface area contributed by atoms with Crippen molar-refractivity contribution >= 4 is 0 Å². The van der Waals surface area contributed by atoms with Crippen LogP contribution in [0.4, 0.5) is 0 Å². The summed E-state index contributed by atoms with van der Waals surface area (Å²) in [4.78, 5) is 6.43. The maximum Gasteiger partial charge on any atom is 0.261 e. The van der Waals surface area contributed by atoms with Crippen LogP contribution >= 0.6 is 0 Å². The molecule has 0 saturated heterocycles. The van der Waals surface area contributed by atoms with Gasteiger partial charge in [-0.15, -0.1) is 0 Å². The average Bonchev–Trinajstić information content (AvgIpc) is 3.02. The minimum atomic E-state index is 0.477. The Balaban J connectivity index is 1.79. The van der Waals surface area contributed by atoms with Crippen molar-refractivity contribution in [1.82, 2.24) is 15.0 Å². The second-order valence-corrected chi connectivity index (χ2v) is 5.52. The summed E-state index contributed by atoms with van der Waals surface area (Å²) in [5, 5.41) is 4.01. The molecular formula is C18H19N3O2. The van der Waals surface area contributed by atoms with Gasteiger partial charge in [0.1, 0.15) is 12.4 Å². The van der Waals surface area contributed by atoms with E-state index in [2.05, 4.69) is 10.1 Å². The molecular weight excluding hydrogens is 290 g/mol. The lowest BCUT2D eigenvalue weighted by atomic mass is 10.2. The highest BCUT2D eigenvalue weighted by Gasteiger charge is 2.14. The van der Waals surface area contributed by atoms with Crippen LogP contribution in [0.2, 0.25) is 0 Å². The molecule has 5 nitrogen and oxygen atoms in total. The fourth-order valence-corrected chi connectivity index (χ4v) is 2.21. The maximum absolute atomic E-state index is 5.93. The van der Waals surface area contributed by atoms with Crippen molar-refractivity contribution in [2.45, 2.75) is 13.2 Å². The molecule has 1 heterocycles. The quantitative estimate of drug-likeness (QED) is 0.698. The fourth-order valence-electron chi connectivity index (χ4n) is 2.21. The van der Waals surface area contributed by atoms with E-state index >= 15 is 0 Å². The maximum atomic E-state index is 5.93. The summed E-state index contributed by atoms with van der Waals surface area (Å²) in [6.45, 7) is 1.13. The molecule has 0 bridgehead atoms. The number of ether oxygens (including phenoxy) is 1. The molecule has 0 fully saturated rings. The number of para-hydroxylation sites is 1. The fraction of sp³-hybridized carbons (Fsp3) is 0.222. The van der Waals surface area contributed by atoms with Crippen molar-refractivity contribution in [3.63, 3.8) is 0 Å². The third kappa shape index (κ3) is 3.96. The summed E-state index contributed by atoms with van der Waals surface area (Å²) in [7, 11) is 3.93. The topological polar surface area (TPSA) is 51.4 Å². The normalized spacial score (nSPS) is 10.9. The molecule has 0 amide bonds. The molecule has 0 aliphatic heterocycles. The zero-order valence-electron chi connectivity index (χ0n) is 13.3. The van der Waals surface area contributed by atoms with Gasteiger partial charge in [-0.3, -0.25) is 0 Å². The van der Waals surface area contributed by atoms with E-state index in [-0.39, 0.29) is 0 Å². The van der Waals surface area contributed by atoms with Crippen LogP contribution < -0.4 is 4.74 Å². The number of rotatable bonds is 6. The Kier molecular flexibility index (Phi) is 4.68. The van der Waals surface area contributed by atoms with Gasteiger partial charge in [-0.25, -0.2) is 0 Å². The van der Waals surface area contributed by atoms with Crippen LogP contribution in [0.3, 0.4) is 0 Å².